The molecule has 0 atom stereocenters. The molecule has 4 nitrogen and oxygen atoms in total. The number of halogens is 1. The summed E-state index contributed by atoms with van der Waals surface area (Å²) in [6.07, 6.45) is 3.56. The van der Waals surface area contributed by atoms with Crippen LogP contribution in [0.2, 0.25) is 5.02 Å². The lowest BCUT2D eigenvalue weighted by molar-refractivity contribution is -0.148. The number of aldehydes is 1. The lowest BCUT2D eigenvalue weighted by Crippen LogP contribution is -2.45. The highest BCUT2D eigenvalue weighted by atomic mass is 35.5. The fourth-order valence-electron chi connectivity index (χ4n) is 2.13. The van der Waals surface area contributed by atoms with E-state index >= 15 is 0 Å². The number of carbonyl (C=O) groups is 2. The lowest BCUT2D eigenvalue weighted by Gasteiger charge is -2.41. The van der Waals surface area contributed by atoms with E-state index < -0.39 is 5.60 Å². The van der Waals surface area contributed by atoms with Crippen LogP contribution < -0.4 is 4.74 Å². The van der Waals surface area contributed by atoms with Gasteiger partial charge in [0, 0.05) is 5.56 Å². The van der Waals surface area contributed by atoms with Crippen molar-refractivity contribution in [1.29, 1.82) is 0 Å². The third kappa shape index (κ3) is 3.07. The van der Waals surface area contributed by atoms with Crippen LogP contribution >= 0.6 is 11.6 Å². The summed E-state index contributed by atoms with van der Waals surface area (Å²) in [6.45, 7) is 0. The van der Waals surface area contributed by atoms with Gasteiger partial charge in [-0.3, -0.25) is 9.59 Å². The molecule has 0 unspecified atom stereocenters. The fourth-order valence-corrected chi connectivity index (χ4v) is 2.36. The van der Waals surface area contributed by atoms with Gasteiger partial charge in [0.1, 0.15) is 17.6 Å². The monoisotopic (exact) mass is 282 g/mol. The molecule has 0 aromatic heterocycles. The minimum Gasteiger partial charge on any atom is -0.485 e. The van der Waals surface area contributed by atoms with E-state index in [0.29, 0.717) is 16.3 Å². The van der Waals surface area contributed by atoms with Crippen molar-refractivity contribution in [2.45, 2.75) is 31.3 Å². The Labute approximate surface area is 116 Å². The van der Waals surface area contributed by atoms with Crippen molar-refractivity contribution in [3.05, 3.63) is 28.8 Å². The first-order valence-electron chi connectivity index (χ1n) is 6.09. The van der Waals surface area contributed by atoms with E-state index in [1.165, 1.54) is 7.11 Å². The first kappa shape index (κ1) is 13.9. The van der Waals surface area contributed by atoms with Gasteiger partial charge in [0.15, 0.2) is 0 Å². The summed E-state index contributed by atoms with van der Waals surface area (Å²) in [5.41, 5.74) is -0.0210. The van der Waals surface area contributed by atoms with Gasteiger partial charge in [-0.05, 0) is 37.5 Å². The van der Waals surface area contributed by atoms with Gasteiger partial charge in [0.25, 0.3) is 0 Å². The number of benzene rings is 1. The van der Waals surface area contributed by atoms with Crippen LogP contribution in [0.1, 0.15) is 36.0 Å². The van der Waals surface area contributed by atoms with E-state index in [0.717, 1.165) is 25.5 Å². The smallest absolute Gasteiger partial charge is 0.309 e. The highest BCUT2D eigenvalue weighted by Crippen LogP contribution is 2.41. The number of ether oxygens (including phenoxy) is 2. The highest BCUT2D eigenvalue weighted by molar-refractivity contribution is 6.32. The Morgan fingerprint density at radius 2 is 2.21 bits per heavy atom. The average molecular weight is 283 g/mol. The van der Waals surface area contributed by atoms with Crippen LogP contribution in [0.5, 0.6) is 5.75 Å². The average Bonchev–Trinajstić information content (AvgIpc) is 2.37. The van der Waals surface area contributed by atoms with E-state index in [1.54, 1.807) is 18.2 Å². The molecule has 0 radical (unpaired) electrons. The van der Waals surface area contributed by atoms with Gasteiger partial charge >= 0.3 is 5.97 Å². The summed E-state index contributed by atoms with van der Waals surface area (Å²) in [5, 5.41) is 0.376. The molecule has 2 rings (SSSR count). The summed E-state index contributed by atoms with van der Waals surface area (Å²) < 4.78 is 10.6. The zero-order chi connectivity index (χ0) is 13.9. The van der Waals surface area contributed by atoms with E-state index in [4.69, 9.17) is 16.3 Å². The predicted molar refractivity (Wildman–Crippen MR) is 70.7 cm³/mol. The van der Waals surface area contributed by atoms with Crippen LogP contribution in [-0.2, 0) is 9.53 Å². The van der Waals surface area contributed by atoms with Crippen molar-refractivity contribution in [1.82, 2.24) is 0 Å². The second-order valence-electron chi connectivity index (χ2n) is 4.70. The Kier molecular flexibility index (Phi) is 4.10. The minimum absolute atomic E-state index is 0.218. The Hall–Kier alpha value is -1.55. The molecule has 0 bridgehead atoms. The lowest BCUT2D eigenvalue weighted by atomic mass is 9.77. The zero-order valence-electron chi connectivity index (χ0n) is 10.6. The molecule has 0 aliphatic heterocycles. The molecule has 5 heteroatoms. The van der Waals surface area contributed by atoms with Gasteiger partial charge in [-0.2, -0.15) is 0 Å². The quantitative estimate of drug-likeness (QED) is 0.615. The molecular formula is C14H15ClO4. The maximum atomic E-state index is 11.4. The number of rotatable bonds is 5. The molecule has 1 aliphatic carbocycles. The van der Waals surface area contributed by atoms with Crippen LogP contribution in [0, 0.1) is 0 Å². The molecule has 19 heavy (non-hydrogen) atoms. The Bertz CT molecular complexity index is 494. The standard InChI is InChI=1S/C14H15ClO4/c1-18-13(17)8-14(5-2-6-14)19-12-4-3-10(9-16)7-11(12)15/h3-4,7,9H,2,5-6,8H2,1H3. The maximum Gasteiger partial charge on any atom is 0.309 e. The van der Waals surface area contributed by atoms with E-state index in [2.05, 4.69) is 4.74 Å². The van der Waals surface area contributed by atoms with Gasteiger partial charge in [-0.25, -0.2) is 0 Å². The summed E-state index contributed by atoms with van der Waals surface area (Å²) in [4.78, 5) is 22.1. The van der Waals surface area contributed by atoms with Crippen LogP contribution in [0.4, 0.5) is 0 Å². The molecule has 1 fully saturated rings. The summed E-state index contributed by atoms with van der Waals surface area (Å²) >= 11 is 6.07. The second kappa shape index (κ2) is 5.61. The topological polar surface area (TPSA) is 52.6 Å². The number of esters is 1. The first-order chi connectivity index (χ1) is 9.08. The van der Waals surface area contributed by atoms with Crippen LogP contribution in [-0.4, -0.2) is 25.0 Å². The predicted octanol–water partition coefficient (Wildman–Crippen LogP) is 3.02. The molecule has 0 spiro atoms. The van der Waals surface area contributed by atoms with Crippen molar-refractivity contribution in [2.24, 2.45) is 0 Å². The zero-order valence-corrected chi connectivity index (χ0v) is 11.4. The summed E-state index contributed by atoms with van der Waals surface area (Å²) in [7, 11) is 1.36. The summed E-state index contributed by atoms with van der Waals surface area (Å²) in [5.74, 6) is 0.205. The molecule has 0 saturated heterocycles. The summed E-state index contributed by atoms with van der Waals surface area (Å²) in [6, 6.07) is 4.84. The second-order valence-corrected chi connectivity index (χ2v) is 5.11. The van der Waals surface area contributed by atoms with E-state index in [-0.39, 0.29) is 12.4 Å². The van der Waals surface area contributed by atoms with Crippen LogP contribution in [0.25, 0.3) is 0 Å². The molecule has 1 aromatic carbocycles. The van der Waals surface area contributed by atoms with Crippen LogP contribution in [0.3, 0.4) is 0 Å². The van der Waals surface area contributed by atoms with Gasteiger partial charge in [-0.1, -0.05) is 11.6 Å². The Morgan fingerprint density at radius 1 is 1.47 bits per heavy atom. The van der Waals surface area contributed by atoms with Crippen molar-refractivity contribution in [2.75, 3.05) is 7.11 Å². The third-order valence-corrected chi connectivity index (χ3v) is 3.67. The van der Waals surface area contributed by atoms with Gasteiger partial charge in [0.05, 0.1) is 18.6 Å². The molecule has 0 N–H and O–H groups in total. The molecule has 1 saturated carbocycles. The number of methoxy groups -OCH3 is 1. The molecule has 1 aliphatic rings. The normalized spacial score (nSPS) is 16.3. The first-order valence-corrected chi connectivity index (χ1v) is 6.47. The molecule has 0 amide bonds. The number of carbonyl (C=O) groups excluding carboxylic acids is 2. The molecule has 1 aromatic rings. The minimum atomic E-state index is -0.514. The van der Waals surface area contributed by atoms with Gasteiger partial charge in [0.2, 0.25) is 0 Å². The van der Waals surface area contributed by atoms with Crippen molar-refractivity contribution in [3.63, 3.8) is 0 Å². The van der Waals surface area contributed by atoms with Crippen molar-refractivity contribution in [3.8, 4) is 5.75 Å². The highest BCUT2D eigenvalue weighted by Gasteiger charge is 2.42. The van der Waals surface area contributed by atoms with Gasteiger partial charge in [-0.15, -0.1) is 0 Å². The number of hydrogen-bond acceptors (Lipinski definition) is 4. The third-order valence-electron chi connectivity index (χ3n) is 3.38. The van der Waals surface area contributed by atoms with Crippen LogP contribution in [0.15, 0.2) is 18.2 Å². The number of hydrogen-bond donors (Lipinski definition) is 0. The largest absolute Gasteiger partial charge is 0.485 e. The van der Waals surface area contributed by atoms with E-state index in [9.17, 15) is 9.59 Å². The van der Waals surface area contributed by atoms with E-state index in [1.807, 2.05) is 0 Å². The van der Waals surface area contributed by atoms with Gasteiger partial charge < -0.3 is 9.47 Å². The van der Waals surface area contributed by atoms with Crippen molar-refractivity contribution < 1.29 is 19.1 Å². The van der Waals surface area contributed by atoms with Crippen molar-refractivity contribution >= 4 is 23.9 Å². The molecular weight excluding hydrogens is 268 g/mol. The Balaban J connectivity index is 2.14. The molecule has 102 valence electrons. The Morgan fingerprint density at radius 3 is 2.68 bits per heavy atom. The maximum absolute atomic E-state index is 11.4. The SMILES string of the molecule is COC(=O)CC1(Oc2ccc(C=O)cc2Cl)CCC1. The molecule has 0 heterocycles. The fraction of sp³-hybridized carbons (Fsp3) is 0.429.